The number of halogens is 1. The number of hydrogen-bond donors (Lipinski definition) is 1. The first-order chi connectivity index (χ1) is 15.4. The predicted octanol–water partition coefficient (Wildman–Crippen LogP) is 2.02. The van der Waals surface area contributed by atoms with E-state index in [-0.39, 0.29) is 48.8 Å². The summed E-state index contributed by atoms with van der Waals surface area (Å²) in [6.07, 6.45) is 0.110. The van der Waals surface area contributed by atoms with E-state index < -0.39 is 11.7 Å². The number of nitrogens with zero attached hydrogens (tertiary/aromatic N) is 3. The summed E-state index contributed by atoms with van der Waals surface area (Å²) in [5.41, 5.74) is 0.749. The number of amides is 2. The van der Waals surface area contributed by atoms with Crippen LogP contribution in [0.5, 0.6) is 5.75 Å². The number of nitrogens with one attached hydrogen (secondary N) is 1. The fraction of sp³-hybridized carbons (Fsp3) is 0.304. The van der Waals surface area contributed by atoms with Crippen molar-refractivity contribution in [2.24, 2.45) is 5.92 Å². The molecule has 4 rings (SSSR count). The number of aromatic nitrogens is 2. The van der Waals surface area contributed by atoms with Gasteiger partial charge in [-0.2, -0.15) is 0 Å². The molecule has 2 aromatic carbocycles. The minimum absolute atomic E-state index is 0.110. The van der Waals surface area contributed by atoms with Crippen molar-refractivity contribution in [1.29, 1.82) is 0 Å². The molecule has 1 aliphatic rings. The average molecular weight is 438 g/mol. The Bertz CT molecular complexity index is 1260. The first-order valence-electron chi connectivity index (χ1n) is 10.3. The van der Waals surface area contributed by atoms with Gasteiger partial charge in [0, 0.05) is 37.8 Å². The van der Waals surface area contributed by atoms with Crippen LogP contribution in [-0.4, -0.2) is 41.6 Å². The van der Waals surface area contributed by atoms with E-state index in [1.54, 1.807) is 43.2 Å². The Morgan fingerprint density at radius 2 is 2.06 bits per heavy atom. The number of fused-ring (bicyclic) bond motifs is 1. The number of anilines is 1. The van der Waals surface area contributed by atoms with Gasteiger partial charge in [-0.05, 0) is 37.3 Å². The minimum atomic E-state index is -0.508. The molecule has 0 aliphatic carbocycles. The Morgan fingerprint density at radius 3 is 2.84 bits per heavy atom. The molecule has 0 radical (unpaired) electrons. The third-order valence-electron chi connectivity index (χ3n) is 5.60. The lowest BCUT2D eigenvalue weighted by atomic mass is 10.1. The molecule has 8 nitrogen and oxygen atoms in total. The van der Waals surface area contributed by atoms with E-state index >= 15 is 0 Å². The van der Waals surface area contributed by atoms with Gasteiger partial charge in [-0.15, -0.1) is 0 Å². The van der Waals surface area contributed by atoms with E-state index in [4.69, 9.17) is 4.74 Å². The standard InChI is InChI=1S/C23H23FN4O4/c1-14-26-20-7-6-16(24)11-19(20)23(31)27(14)9-8-25-22(30)15-10-21(29)28(13-15)17-4-3-5-18(12-17)32-2/h3-7,11-12,15H,8-10,13H2,1-2H3,(H,25,30)/t15-/m0/s1. The number of carbonyl (C=O) groups excluding carboxylic acids is 2. The topological polar surface area (TPSA) is 93.5 Å². The molecule has 2 heterocycles. The van der Waals surface area contributed by atoms with Crippen LogP contribution in [0.15, 0.2) is 47.3 Å². The number of aryl methyl sites for hydroxylation is 1. The Kier molecular flexibility index (Phi) is 5.89. The van der Waals surface area contributed by atoms with Crippen LogP contribution < -0.4 is 20.5 Å². The average Bonchev–Trinajstić information content (AvgIpc) is 3.18. The van der Waals surface area contributed by atoms with Crippen LogP contribution in [0.4, 0.5) is 10.1 Å². The first-order valence-corrected chi connectivity index (χ1v) is 10.3. The van der Waals surface area contributed by atoms with Gasteiger partial charge in [0.05, 0.1) is 23.9 Å². The number of benzene rings is 2. The van der Waals surface area contributed by atoms with Crippen molar-refractivity contribution in [1.82, 2.24) is 14.9 Å². The molecular formula is C23H23FN4O4. The van der Waals surface area contributed by atoms with Gasteiger partial charge in [-0.1, -0.05) is 6.07 Å². The molecule has 1 aromatic heterocycles. The van der Waals surface area contributed by atoms with E-state index in [0.29, 0.717) is 22.8 Å². The van der Waals surface area contributed by atoms with Crippen molar-refractivity contribution in [2.75, 3.05) is 25.1 Å². The molecule has 1 fully saturated rings. The predicted molar refractivity (Wildman–Crippen MR) is 117 cm³/mol. The smallest absolute Gasteiger partial charge is 0.261 e. The second kappa shape index (κ2) is 8.78. The molecular weight excluding hydrogens is 415 g/mol. The Labute approximate surface area is 183 Å². The summed E-state index contributed by atoms with van der Waals surface area (Å²) in [6, 6.07) is 11.0. The molecule has 0 unspecified atom stereocenters. The maximum atomic E-state index is 13.5. The van der Waals surface area contributed by atoms with Gasteiger partial charge < -0.3 is 15.0 Å². The third-order valence-corrected chi connectivity index (χ3v) is 5.60. The summed E-state index contributed by atoms with van der Waals surface area (Å²) >= 11 is 0. The van der Waals surface area contributed by atoms with Crippen molar-refractivity contribution in [2.45, 2.75) is 19.9 Å². The second-order valence-corrected chi connectivity index (χ2v) is 7.68. The van der Waals surface area contributed by atoms with E-state index in [9.17, 15) is 18.8 Å². The normalized spacial score (nSPS) is 15.9. The van der Waals surface area contributed by atoms with Crippen LogP contribution in [-0.2, 0) is 16.1 Å². The lowest BCUT2D eigenvalue weighted by molar-refractivity contribution is -0.126. The van der Waals surface area contributed by atoms with Crippen LogP contribution >= 0.6 is 0 Å². The van der Waals surface area contributed by atoms with Crippen molar-refractivity contribution in [3.63, 3.8) is 0 Å². The van der Waals surface area contributed by atoms with Crippen LogP contribution in [0.25, 0.3) is 10.9 Å². The highest BCUT2D eigenvalue weighted by Crippen LogP contribution is 2.27. The zero-order valence-electron chi connectivity index (χ0n) is 17.8. The molecule has 166 valence electrons. The summed E-state index contributed by atoms with van der Waals surface area (Å²) in [5, 5.41) is 2.99. The van der Waals surface area contributed by atoms with E-state index in [1.807, 2.05) is 0 Å². The quantitative estimate of drug-likeness (QED) is 0.636. The molecule has 2 amide bonds. The van der Waals surface area contributed by atoms with Crippen molar-refractivity contribution in [3.8, 4) is 5.75 Å². The van der Waals surface area contributed by atoms with Gasteiger partial charge in [-0.25, -0.2) is 9.37 Å². The van der Waals surface area contributed by atoms with Gasteiger partial charge in [0.2, 0.25) is 11.8 Å². The van der Waals surface area contributed by atoms with E-state index in [0.717, 1.165) is 6.07 Å². The third kappa shape index (κ3) is 4.18. The molecule has 0 bridgehead atoms. The minimum Gasteiger partial charge on any atom is -0.497 e. The summed E-state index contributed by atoms with van der Waals surface area (Å²) in [7, 11) is 1.55. The Morgan fingerprint density at radius 1 is 1.25 bits per heavy atom. The maximum absolute atomic E-state index is 13.5. The number of carbonyl (C=O) groups is 2. The molecule has 1 atom stereocenters. The first kappa shape index (κ1) is 21.5. The highest BCUT2D eigenvalue weighted by molar-refractivity contribution is 6.00. The zero-order chi connectivity index (χ0) is 22.8. The van der Waals surface area contributed by atoms with Crippen LogP contribution in [0.3, 0.4) is 0 Å². The maximum Gasteiger partial charge on any atom is 0.261 e. The van der Waals surface area contributed by atoms with E-state index in [2.05, 4.69) is 10.3 Å². The van der Waals surface area contributed by atoms with Gasteiger partial charge in [0.15, 0.2) is 0 Å². The second-order valence-electron chi connectivity index (χ2n) is 7.68. The summed E-state index contributed by atoms with van der Waals surface area (Å²) in [4.78, 5) is 43.7. The van der Waals surface area contributed by atoms with Gasteiger partial charge in [-0.3, -0.25) is 19.0 Å². The van der Waals surface area contributed by atoms with Crippen LogP contribution in [0.1, 0.15) is 12.2 Å². The summed E-state index contributed by atoms with van der Waals surface area (Å²) in [6.45, 7) is 2.34. The number of ether oxygens (including phenoxy) is 1. The molecule has 3 aromatic rings. The fourth-order valence-electron chi connectivity index (χ4n) is 3.91. The summed E-state index contributed by atoms with van der Waals surface area (Å²) < 4.78 is 20.1. The molecule has 1 aliphatic heterocycles. The summed E-state index contributed by atoms with van der Waals surface area (Å²) in [5.74, 6) is -0.279. The molecule has 32 heavy (non-hydrogen) atoms. The lowest BCUT2D eigenvalue weighted by Crippen LogP contribution is -2.36. The SMILES string of the molecule is COc1cccc(N2C[C@@H](C(=O)NCCn3c(C)nc4ccc(F)cc4c3=O)CC2=O)c1. The molecule has 0 saturated carbocycles. The van der Waals surface area contributed by atoms with Crippen molar-refractivity contribution < 1.29 is 18.7 Å². The van der Waals surface area contributed by atoms with Crippen molar-refractivity contribution >= 4 is 28.4 Å². The van der Waals surface area contributed by atoms with E-state index in [1.165, 1.54) is 16.7 Å². The van der Waals surface area contributed by atoms with Crippen LogP contribution in [0, 0.1) is 18.7 Å². The largest absolute Gasteiger partial charge is 0.497 e. The highest BCUT2D eigenvalue weighted by atomic mass is 19.1. The van der Waals surface area contributed by atoms with Gasteiger partial charge in [0.1, 0.15) is 17.4 Å². The van der Waals surface area contributed by atoms with Gasteiger partial charge in [0.25, 0.3) is 5.56 Å². The van der Waals surface area contributed by atoms with Crippen molar-refractivity contribution in [3.05, 3.63) is 64.5 Å². The number of methoxy groups -OCH3 is 1. The molecule has 0 spiro atoms. The fourth-order valence-corrected chi connectivity index (χ4v) is 3.91. The number of rotatable bonds is 6. The zero-order valence-corrected chi connectivity index (χ0v) is 17.8. The lowest BCUT2D eigenvalue weighted by Gasteiger charge is -2.17. The van der Waals surface area contributed by atoms with Gasteiger partial charge >= 0.3 is 0 Å². The monoisotopic (exact) mass is 438 g/mol. The number of hydrogen-bond acceptors (Lipinski definition) is 5. The highest BCUT2D eigenvalue weighted by Gasteiger charge is 2.35. The Hall–Kier alpha value is -3.75. The molecule has 1 saturated heterocycles. The Balaban J connectivity index is 1.40. The van der Waals surface area contributed by atoms with Crippen LogP contribution in [0.2, 0.25) is 0 Å². The molecule has 1 N–H and O–H groups in total. The molecule has 9 heteroatoms.